The zero-order valence-electron chi connectivity index (χ0n) is 9.17. The van der Waals surface area contributed by atoms with Gasteiger partial charge in [0.2, 0.25) is 0 Å². The lowest BCUT2D eigenvalue weighted by Gasteiger charge is -2.12. The zero-order valence-corrected chi connectivity index (χ0v) is 11.5. The van der Waals surface area contributed by atoms with Crippen LogP contribution in [0.2, 0.25) is 5.15 Å². The van der Waals surface area contributed by atoms with Crippen molar-refractivity contribution in [1.29, 1.82) is 0 Å². The number of hydrogen-bond acceptors (Lipinski definition) is 3. The molecule has 0 aliphatic rings. The summed E-state index contributed by atoms with van der Waals surface area (Å²) in [6.45, 7) is 0. The number of nitrogens with zero attached hydrogens (tertiary/aromatic N) is 2. The quantitative estimate of drug-likeness (QED) is 0.854. The molecular weight excluding hydrogens is 346 g/mol. The Morgan fingerprint density at radius 3 is 2.58 bits per heavy atom. The van der Waals surface area contributed by atoms with Crippen molar-refractivity contribution >= 4 is 39.0 Å². The summed E-state index contributed by atoms with van der Waals surface area (Å²) in [5.74, 6) is 0.257. The maximum atomic E-state index is 12.6. The Morgan fingerprint density at radius 2 is 1.95 bits per heavy atom. The fourth-order valence-electron chi connectivity index (χ4n) is 1.34. The highest BCUT2D eigenvalue weighted by atomic mass is 79.9. The highest BCUT2D eigenvalue weighted by Crippen LogP contribution is 2.34. The third-order valence-corrected chi connectivity index (χ3v) is 3.04. The van der Waals surface area contributed by atoms with E-state index in [0.29, 0.717) is 4.47 Å². The minimum Gasteiger partial charge on any atom is -0.338 e. The first kappa shape index (κ1) is 14.1. The second-order valence-corrected chi connectivity index (χ2v) is 4.79. The van der Waals surface area contributed by atoms with Crippen molar-refractivity contribution < 1.29 is 13.2 Å². The predicted molar refractivity (Wildman–Crippen MR) is 69.5 cm³/mol. The number of nitrogens with one attached hydrogen (secondary N) is 1. The van der Waals surface area contributed by atoms with E-state index in [9.17, 15) is 13.2 Å². The molecule has 1 N–H and O–H groups in total. The van der Waals surface area contributed by atoms with Crippen molar-refractivity contribution in [2.75, 3.05) is 5.32 Å². The molecule has 100 valence electrons. The number of alkyl halides is 3. The van der Waals surface area contributed by atoms with E-state index in [1.54, 1.807) is 0 Å². The fourth-order valence-corrected chi connectivity index (χ4v) is 1.83. The van der Waals surface area contributed by atoms with Crippen LogP contribution in [0.5, 0.6) is 0 Å². The van der Waals surface area contributed by atoms with Crippen LogP contribution in [-0.2, 0) is 6.18 Å². The molecule has 0 unspecified atom stereocenters. The van der Waals surface area contributed by atoms with E-state index in [0.717, 1.165) is 12.1 Å². The van der Waals surface area contributed by atoms with Crippen LogP contribution in [0.1, 0.15) is 5.56 Å². The number of halogens is 5. The molecule has 3 nitrogen and oxygen atoms in total. The molecule has 0 fully saturated rings. The zero-order chi connectivity index (χ0) is 14.0. The Kier molecular flexibility index (Phi) is 3.96. The Hall–Kier alpha value is -1.34. The summed E-state index contributed by atoms with van der Waals surface area (Å²) < 4.78 is 38.3. The van der Waals surface area contributed by atoms with Crippen molar-refractivity contribution in [3.05, 3.63) is 45.8 Å². The van der Waals surface area contributed by atoms with E-state index in [4.69, 9.17) is 11.6 Å². The summed E-state index contributed by atoms with van der Waals surface area (Å²) in [5, 5.41) is 2.87. The van der Waals surface area contributed by atoms with Gasteiger partial charge >= 0.3 is 6.18 Å². The second kappa shape index (κ2) is 5.34. The molecule has 0 bridgehead atoms. The molecule has 8 heteroatoms. The average Bonchev–Trinajstić information content (AvgIpc) is 2.30. The molecule has 0 radical (unpaired) electrons. The molecule has 1 heterocycles. The third-order valence-electron chi connectivity index (χ3n) is 2.16. The summed E-state index contributed by atoms with van der Waals surface area (Å²) in [4.78, 5) is 7.68. The predicted octanol–water partition coefficient (Wildman–Crippen LogP) is 4.65. The molecule has 0 saturated heterocycles. The number of rotatable bonds is 2. The van der Waals surface area contributed by atoms with E-state index < -0.39 is 11.7 Å². The van der Waals surface area contributed by atoms with Gasteiger partial charge in [-0.15, -0.1) is 0 Å². The van der Waals surface area contributed by atoms with Crippen LogP contribution in [0.25, 0.3) is 0 Å². The van der Waals surface area contributed by atoms with E-state index in [1.165, 1.54) is 18.5 Å². The summed E-state index contributed by atoms with van der Waals surface area (Å²) in [6, 6.07) is 3.27. The normalized spacial score (nSPS) is 11.4. The van der Waals surface area contributed by atoms with Gasteiger partial charge in [0.05, 0.1) is 23.6 Å². The molecule has 0 spiro atoms. The van der Waals surface area contributed by atoms with Crippen LogP contribution in [0.4, 0.5) is 24.7 Å². The van der Waals surface area contributed by atoms with Gasteiger partial charge in [0.25, 0.3) is 0 Å². The molecule has 2 rings (SSSR count). The minimum atomic E-state index is -4.41. The highest BCUT2D eigenvalue weighted by Gasteiger charge is 2.30. The molecular formula is C11H6BrClF3N3. The molecule has 0 atom stereocenters. The first-order valence-electron chi connectivity index (χ1n) is 4.97. The topological polar surface area (TPSA) is 37.8 Å². The van der Waals surface area contributed by atoms with Gasteiger partial charge in [-0.05, 0) is 34.1 Å². The largest absolute Gasteiger partial charge is 0.416 e. The molecule has 0 amide bonds. The maximum Gasteiger partial charge on any atom is 0.416 e. The molecule has 2 aromatic rings. The van der Waals surface area contributed by atoms with Gasteiger partial charge in [0, 0.05) is 4.47 Å². The first-order valence-corrected chi connectivity index (χ1v) is 6.14. The monoisotopic (exact) mass is 351 g/mol. The second-order valence-electron chi connectivity index (χ2n) is 3.54. The third kappa shape index (κ3) is 3.57. The Labute approximate surface area is 120 Å². The Morgan fingerprint density at radius 1 is 1.21 bits per heavy atom. The van der Waals surface area contributed by atoms with Gasteiger partial charge in [-0.3, -0.25) is 4.98 Å². The summed E-state index contributed by atoms with van der Waals surface area (Å²) in [6.07, 6.45) is -1.72. The van der Waals surface area contributed by atoms with E-state index >= 15 is 0 Å². The highest BCUT2D eigenvalue weighted by molar-refractivity contribution is 9.10. The van der Waals surface area contributed by atoms with Crippen molar-refractivity contribution in [1.82, 2.24) is 9.97 Å². The van der Waals surface area contributed by atoms with Crippen LogP contribution in [-0.4, -0.2) is 9.97 Å². The molecule has 0 aliphatic carbocycles. The number of anilines is 2. The van der Waals surface area contributed by atoms with Crippen molar-refractivity contribution in [2.45, 2.75) is 6.18 Å². The van der Waals surface area contributed by atoms with Crippen LogP contribution in [0.3, 0.4) is 0 Å². The van der Waals surface area contributed by atoms with Gasteiger partial charge in [-0.2, -0.15) is 13.2 Å². The minimum absolute atomic E-state index is 0.146. The standard InChI is InChI=1S/C11H6BrClF3N3/c12-7-2-1-6(11(14,15)16)3-8(7)18-10-5-17-4-9(13)19-10/h1-5H,(H,18,19). The molecule has 1 aromatic carbocycles. The Balaban J connectivity index is 2.34. The average molecular weight is 353 g/mol. The van der Waals surface area contributed by atoms with Gasteiger partial charge in [0.1, 0.15) is 5.15 Å². The fraction of sp³-hybridized carbons (Fsp3) is 0.0909. The van der Waals surface area contributed by atoms with Gasteiger partial charge in [-0.1, -0.05) is 11.6 Å². The number of benzene rings is 1. The van der Waals surface area contributed by atoms with Crippen molar-refractivity contribution in [2.24, 2.45) is 0 Å². The first-order chi connectivity index (χ1) is 8.86. The summed E-state index contributed by atoms with van der Waals surface area (Å²) in [5.41, 5.74) is -0.528. The van der Waals surface area contributed by atoms with Crippen LogP contribution >= 0.6 is 27.5 Å². The van der Waals surface area contributed by atoms with Crippen molar-refractivity contribution in [3.63, 3.8) is 0 Å². The molecule has 1 aromatic heterocycles. The summed E-state index contributed by atoms with van der Waals surface area (Å²) in [7, 11) is 0. The lowest BCUT2D eigenvalue weighted by molar-refractivity contribution is -0.137. The molecule has 19 heavy (non-hydrogen) atoms. The van der Waals surface area contributed by atoms with Gasteiger partial charge in [-0.25, -0.2) is 4.98 Å². The van der Waals surface area contributed by atoms with E-state index in [2.05, 4.69) is 31.2 Å². The van der Waals surface area contributed by atoms with Crippen LogP contribution < -0.4 is 5.32 Å². The SMILES string of the molecule is FC(F)(F)c1ccc(Br)c(Nc2cncc(Cl)n2)c1. The summed E-state index contributed by atoms with van der Waals surface area (Å²) >= 11 is 8.81. The van der Waals surface area contributed by atoms with Gasteiger partial charge < -0.3 is 5.32 Å². The number of aromatic nitrogens is 2. The van der Waals surface area contributed by atoms with E-state index in [1.807, 2.05) is 0 Å². The smallest absolute Gasteiger partial charge is 0.338 e. The molecule has 0 saturated carbocycles. The van der Waals surface area contributed by atoms with Crippen LogP contribution in [0.15, 0.2) is 35.1 Å². The lowest BCUT2D eigenvalue weighted by atomic mass is 10.2. The van der Waals surface area contributed by atoms with Gasteiger partial charge in [0.15, 0.2) is 5.82 Å². The Bertz CT molecular complexity index is 604. The lowest BCUT2D eigenvalue weighted by Crippen LogP contribution is -2.06. The van der Waals surface area contributed by atoms with Crippen molar-refractivity contribution in [3.8, 4) is 0 Å². The maximum absolute atomic E-state index is 12.6. The van der Waals surface area contributed by atoms with Crippen LogP contribution in [0, 0.1) is 0 Å². The van der Waals surface area contributed by atoms with E-state index in [-0.39, 0.29) is 16.7 Å². The molecule has 0 aliphatic heterocycles. The number of hydrogen-bond donors (Lipinski definition) is 1.